The lowest BCUT2D eigenvalue weighted by atomic mass is 9.92. The Balaban J connectivity index is 1.68. The van der Waals surface area contributed by atoms with Crippen LogP contribution in [0.15, 0.2) is 48.5 Å². The Morgan fingerprint density at radius 2 is 1.95 bits per heavy atom. The van der Waals surface area contributed by atoms with Crippen LogP contribution in [0, 0.1) is 6.92 Å². The van der Waals surface area contributed by atoms with Crippen molar-refractivity contribution >= 4 is 5.91 Å². The summed E-state index contributed by atoms with van der Waals surface area (Å²) in [5.41, 5.74) is 3.34. The van der Waals surface area contributed by atoms with Crippen molar-refractivity contribution in [1.29, 1.82) is 0 Å². The Hall–Kier alpha value is -2.29. The summed E-state index contributed by atoms with van der Waals surface area (Å²) in [6, 6.07) is 16.0. The van der Waals surface area contributed by atoms with Gasteiger partial charge in [0.25, 0.3) is 0 Å². The van der Waals surface area contributed by atoms with E-state index in [0.29, 0.717) is 13.2 Å². The first kappa shape index (κ1) is 13.7. The Labute approximate surface area is 124 Å². The molecule has 0 aliphatic carbocycles. The zero-order valence-electron chi connectivity index (χ0n) is 12.1. The van der Waals surface area contributed by atoms with Gasteiger partial charge in [-0.25, -0.2) is 0 Å². The lowest BCUT2D eigenvalue weighted by Crippen LogP contribution is -2.32. The van der Waals surface area contributed by atoms with Crippen LogP contribution in [0.3, 0.4) is 0 Å². The summed E-state index contributed by atoms with van der Waals surface area (Å²) in [6.07, 6.45) is 0.733. The minimum Gasteiger partial charge on any atom is -0.493 e. The maximum atomic E-state index is 12.4. The minimum atomic E-state index is -0.111. The standard InChI is InChI=1S/C18H19NO2/c1-13-6-8-14(9-7-13)12-19-18(20)16-10-11-21-17-5-3-2-4-15(16)17/h2-9,16H,10-12H2,1H3,(H,19,20). The second-order valence-electron chi connectivity index (χ2n) is 5.43. The van der Waals surface area contributed by atoms with E-state index >= 15 is 0 Å². The van der Waals surface area contributed by atoms with E-state index < -0.39 is 0 Å². The normalized spacial score (nSPS) is 16.7. The number of hydrogen-bond acceptors (Lipinski definition) is 2. The van der Waals surface area contributed by atoms with Crippen molar-refractivity contribution in [1.82, 2.24) is 5.32 Å². The molecule has 21 heavy (non-hydrogen) atoms. The lowest BCUT2D eigenvalue weighted by Gasteiger charge is -2.25. The van der Waals surface area contributed by atoms with Crippen LogP contribution >= 0.6 is 0 Å². The van der Waals surface area contributed by atoms with Crippen molar-refractivity contribution < 1.29 is 9.53 Å². The molecule has 0 spiro atoms. The summed E-state index contributed by atoms with van der Waals surface area (Å²) >= 11 is 0. The largest absolute Gasteiger partial charge is 0.493 e. The molecular weight excluding hydrogens is 262 g/mol. The molecular formula is C18H19NO2. The van der Waals surface area contributed by atoms with Gasteiger partial charge < -0.3 is 10.1 Å². The van der Waals surface area contributed by atoms with Crippen LogP contribution in [-0.2, 0) is 11.3 Å². The minimum absolute atomic E-state index is 0.0753. The number of aryl methyl sites for hydroxylation is 1. The van der Waals surface area contributed by atoms with Gasteiger partial charge in [-0.1, -0.05) is 48.0 Å². The Bertz CT molecular complexity index is 634. The molecule has 3 heteroatoms. The molecule has 1 amide bonds. The van der Waals surface area contributed by atoms with Gasteiger partial charge in [-0.3, -0.25) is 4.79 Å². The van der Waals surface area contributed by atoms with Crippen molar-refractivity contribution in [2.45, 2.75) is 25.8 Å². The van der Waals surface area contributed by atoms with E-state index in [1.54, 1.807) is 0 Å². The number of ether oxygens (including phenoxy) is 1. The predicted octanol–water partition coefficient (Wildman–Crippen LogP) is 3.18. The first-order chi connectivity index (χ1) is 10.2. The Kier molecular flexibility index (Phi) is 3.91. The quantitative estimate of drug-likeness (QED) is 0.938. The molecule has 108 valence electrons. The van der Waals surface area contributed by atoms with Gasteiger partial charge in [0.05, 0.1) is 12.5 Å². The molecule has 3 nitrogen and oxygen atoms in total. The molecule has 2 aromatic rings. The second kappa shape index (κ2) is 6.00. The highest BCUT2D eigenvalue weighted by atomic mass is 16.5. The van der Waals surface area contributed by atoms with E-state index in [1.165, 1.54) is 5.56 Å². The Morgan fingerprint density at radius 3 is 2.76 bits per heavy atom. The van der Waals surface area contributed by atoms with E-state index in [2.05, 4.69) is 24.4 Å². The number of carbonyl (C=O) groups excluding carboxylic acids is 1. The van der Waals surface area contributed by atoms with Crippen LogP contribution in [0.5, 0.6) is 5.75 Å². The van der Waals surface area contributed by atoms with E-state index in [4.69, 9.17) is 4.74 Å². The van der Waals surface area contributed by atoms with Gasteiger partial charge in [-0.2, -0.15) is 0 Å². The first-order valence-electron chi connectivity index (χ1n) is 7.29. The number of benzene rings is 2. The molecule has 1 aliphatic heterocycles. The second-order valence-corrected chi connectivity index (χ2v) is 5.43. The van der Waals surface area contributed by atoms with Crippen molar-refractivity contribution in [3.8, 4) is 5.75 Å². The van der Waals surface area contributed by atoms with E-state index in [0.717, 1.165) is 23.3 Å². The van der Waals surface area contributed by atoms with Crippen LogP contribution < -0.4 is 10.1 Å². The fourth-order valence-electron chi connectivity index (χ4n) is 2.63. The molecule has 1 aliphatic rings. The summed E-state index contributed by atoms with van der Waals surface area (Å²) in [5.74, 6) is 0.797. The average molecular weight is 281 g/mol. The van der Waals surface area contributed by atoms with Crippen LogP contribution in [-0.4, -0.2) is 12.5 Å². The van der Waals surface area contributed by atoms with Gasteiger partial charge in [-0.15, -0.1) is 0 Å². The summed E-state index contributed by atoms with van der Waals surface area (Å²) in [4.78, 5) is 12.4. The third-order valence-electron chi connectivity index (χ3n) is 3.86. The van der Waals surface area contributed by atoms with Crippen LogP contribution in [0.2, 0.25) is 0 Å². The fourth-order valence-corrected chi connectivity index (χ4v) is 2.63. The summed E-state index contributed by atoms with van der Waals surface area (Å²) in [5, 5.41) is 3.03. The molecule has 2 aromatic carbocycles. The number of amides is 1. The van der Waals surface area contributed by atoms with Gasteiger partial charge in [0.2, 0.25) is 5.91 Å². The van der Waals surface area contributed by atoms with Crippen molar-refractivity contribution in [2.24, 2.45) is 0 Å². The lowest BCUT2D eigenvalue weighted by molar-refractivity contribution is -0.123. The third-order valence-corrected chi connectivity index (χ3v) is 3.86. The van der Waals surface area contributed by atoms with Crippen LogP contribution in [0.25, 0.3) is 0 Å². The molecule has 1 N–H and O–H groups in total. The maximum absolute atomic E-state index is 12.4. The van der Waals surface area contributed by atoms with Crippen molar-refractivity contribution in [3.63, 3.8) is 0 Å². The number of carbonyl (C=O) groups is 1. The van der Waals surface area contributed by atoms with E-state index in [1.807, 2.05) is 36.4 Å². The van der Waals surface area contributed by atoms with Gasteiger partial charge >= 0.3 is 0 Å². The van der Waals surface area contributed by atoms with Gasteiger partial charge in [0.1, 0.15) is 5.75 Å². The predicted molar refractivity (Wildman–Crippen MR) is 82.3 cm³/mol. The van der Waals surface area contributed by atoms with E-state index in [-0.39, 0.29) is 11.8 Å². The van der Waals surface area contributed by atoms with Crippen molar-refractivity contribution in [3.05, 3.63) is 65.2 Å². The molecule has 0 bridgehead atoms. The van der Waals surface area contributed by atoms with Crippen LogP contribution in [0.4, 0.5) is 0 Å². The SMILES string of the molecule is Cc1ccc(CNC(=O)C2CCOc3ccccc32)cc1. The third kappa shape index (κ3) is 3.07. The summed E-state index contributed by atoms with van der Waals surface area (Å²) in [7, 11) is 0. The topological polar surface area (TPSA) is 38.3 Å². The molecule has 0 aromatic heterocycles. The summed E-state index contributed by atoms with van der Waals surface area (Å²) < 4.78 is 5.60. The Morgan fingerprint density at radius 1 is 1.19 bits per heavy atom. The highest BCUT2D eigenvalue weighted by molar-refractivity contribution is 5.84. The average Bonchev–Trinajstić information content (AvgIpc) is 2.53. The van der Waals surface area contributed by atoms with E-state index in [9.17, 15) is 4.79 Å². The molecule has 3 rings (SSSR count). The molecule has 0 radical (unpaired) electrons. The molecule has 0 saturated heterocycles. The smallest absolute Gasteiger partial charge is 0.228 e. The molecule has 1 unspecified atom stereocenters. The summed E-state index contributed by atoms with van der Waals surface area (Å²) in [6.45, 7) is 3.22. The molecule has 0 saturated carbocycles. The number of fused-ring (bicyclic) bond motifs is 1. The first-order valence-corrected chi connectivity index (χ1v) is 7.29. The van der Waals surface area contributed by atoms with Gasteiger partial charge in [0.15, 0.2) is 0 Å². The number of hydrogen-bond donors (Lipinski definition) is 1. The van der Waals surface area contributed by atoms with Gasteiger partial charge in [0, 0.05) is 12.1 Å². The number of rotatable bonds is 3. The zero-order chi connectivity index (χ0) is 14.7. The highest BCUT2D eigenvalue weighted by Gasteiger charge is 2.26. The zero-order valence-corrected chi connectivity index (χ0v) is 12.1. The van der Waals surface area contributed by atoms with Crippen LogP contribution in [0.1, 0.15) is 29.0 Å². The monoisotopic (exact) mass is 281 g/mol. The van der Waals surface area contributed by atoms with Crippen molar-refractivity contribution in [2.75, 3.05) is 6.61 Å². The highest BCUT2D eigenvalue weighted by Crippen LogP contribution is 2.33. The molecule has 1 atom stereocenters. The van der Waals surface area contributed by atoms with Gasteiger partial charge in [-0.05, 0) is 25.0 Å². The molecule has 0 fully saturated rings. The molecule has 1 heterocycles. The number of nitrogens with one attached hydrogen (secondary N) is 1. The fraction of sp³-hybridized carbons (Fsp3) is 0.278. The maximum Gasteiger partial charge on any atom is 0.228 e. The number of para-hydroxylation sites is 1.